The van der Waals surface area contributed by atoms with E-state index in [1.54, 1.807) is 6.07 Å². The Morgan fingerprint density at radius 1 is 1.21 bits per heavy atom. The Bertz CT molecular complexity index is 371. The average molecular weight is 269 g/mol. The largest absolute Gasteiger partial charge is 0.396 e. The Hall–Kier alpha value is -0.970. The van der Waals surface area contributed by atoms with Crippen LogP contribution in [0.5, 0.6) is 0 Å². The minimum Gasteiger partial charge on any atom is -0.396 e. The van der Waals surface area contributed by atoms with Crippen LogP contribution in [0.1, 0.15) is 31.9 Å². The number of aliphatic hydroxyl groups excluding tert-OH is 2. The summed E-state index contributed by atoms with van der Waals surface area (Å²) in [4.78, 5) is 2.11. The van der Waals surface area contributed by atoms with Crippen molar-refractivity contribution in [1.29, 1.82) is 0 Å². The molecule has 0 saturated carbocycles. The van der Waals surface area contributed by atoms with Crippen LogP contribution in [-0.2, 0) is 0 Å². The van der Waals surface area contributed by atoms with Crippen molar-refractivity contribution in [2.45, 2.75) is 26.3 Å². The molecule has 1 unspecified atom stereocenters. The molecule has 2 N–H and O–H groups in total. The molecule has 1 aromatic rings. The van der Waals surface area contributed by atoms with Gasteiger partial charge in [0, 0.05) is 25.7 Å². The third kappa shape index (κ3) is 5.27. The Balaban J connectivity index is 2.94. The standard InChI is InChI=1S/C15H24FNO2/c1-12(2)11-17(7-9-19)15(6-8-18)13-4-3-5-14(16)10-13/h3-5,10,12,15,18-19H,6-9,11H2,1-2H3. The second-order valence-electron chi connectivity index (χ2n) is 5.20. The second-order valence-corrected chi connectivity index (χ2v) is 5.20. The van der Waals surface area contributed by atoms with Crippen molar-refractivity contribution in [2.24, 2.45) is 5.92 Å². The topological polar surface area (TPSA) is 43.7 Å². The first-order valence-corrected chi connectivity index (χ1v) is 6.79. The molecule has 0 fully saturated rings. The first-order chi connectivity index (χ1) is 9.08. The van der Waals surface area contributed by atoms with Gasteiger partial charge in [0.25, 0.3) is 0 Å². The molecule has 1 aromatic carbocycles. The quantitative estimate of drug-likeness (QED) is 0.760. The summed E-state index contributed by atoms with van der Waals surface area (Å²) in [5, 5.41) is 18.4. The molecule has 108 valence electrons. The van der Waals surface area contributed by atoms with Crippen molar-refractivity contribution in [3.8, 4) is 0 Å². The third-order valence-electron chi connectivity index (χ3n) is 3.06. The molecule has 0 radical (unpaired) electrons. The van der Waals surface area contributed by atoms with E-state index in [9.17, 15) is 14.6 Å². The minimum atomic E-state index is -0.270. The molecule has 0 aromatic heterocycles. The van der Waals surface area contributed by atoms with Gasteiger partial charge in [-0.25, -0.2) is 4.39 Å². The third-order valence-corrected chi connectivity index (χ3v) is 3.06. The van der Waals surface area contributed by atoms with Crippen LogP contribution < -0.4 is 0 Å². The molecule has 0 bridgehead atoms. The summed E-state index contributed by atoms with van der Waals surface area (Å²) < 4.78 is 13.3. The number of benzene rings is 1. The zero-order valence-corrected chi connectivity index (χ0v) is 11.7. The van der Waals surface area contributed by atoms with Crippen LogP contribution in [-0.4, -0.2) is 41.4 Å². The van der Waals surface area contributed by atoms with Gasteiger partial charge < -0.3 is 10.2 Å². The summed E-state index contributed by atoms with van der Waals surface area (Å²) in [7, 11) is 0. The van der Waals surface area contributed by atoms with Gasteiger partial charge in [-0.2, -0.15) is 0 Å². The Labute approximate surface area is 114 Å². The van der Waals surface area contributed by atoms with Crippen molar-refractivity contribution in [3.63, 3.8) is 0 Å². The maximum absolute atomic E-state index is 13.3. The van der Waals surface area contributed by atoms with Crippen molar-refractivity contribution in [2.75, 3.05) is 26.3 Å². The number of halogens is 1. The smallest absolute Gasteiger partial charge is 0.123 e. The Kier molecular flexibility index (Phi) is 6.99. The van der Waals surface area contributed by atoms with E-state index >= 15 is 0 Å². The Morgan fingerprint density at radius 3 is 2.47 bits per heavy atom. The van der Waals surface area contributed by atoms with Gasteiger partial charge in [0.05, 0.1) is 6.61 Å². The lowest BCUT2D eigenvalue weighted by Gasteiger charge is -2.32. The summed E-state index contributed by atoms with van der Waals surface area (Å²) in [5.74, 6) is 0.176. The van der Waals surface area contributed by atoms with Crippen molar-refractivity contribution in [3.05, 3.63) is 35.6 Å². The fourth-order valence-corrected chi connectivity index (χ4v) is 2.37. The molecule has 0 aliphatic heterocycles. The normalized spacial score (nSPS) is 13.2. The van der Waals surface area contributed by atoms with Gasteiger partial charge in [-0.15, -0.1) is 0 Å². The number of nitrogens with zero attached hydrogens (tertiary/aromatic N) is 1. The van der Waals surface area contributed by atoms with Gasteiger partial charge in [-0.3, -0.25) is 4.90 Å². The van der Waals surface area contributed by atoms with E-state index in [-0.39, 0.29) is 25.1 Å². The minimum absolute atomic E-state index is 0.0429. The molecule has 0 aliphatic rings. The number of aliphatic hydroxyl groups is 2. The average Bonchev–Trinajstić information content (AvgIpc) is 2.35. The van der Waals surface area contributed by atoms with Crippen LogP contribution >= 0.6 is 0 Å². The van der Waals surface area contributed by atoms with Gasteiger partial charge in [-0.1, -0.05) is 26.0 Å². The number of hydrogen-bond acceptors (Lipinski definition) is 3. The van der Waals surface area contributed by atoms with Crippen molar-refractivity contribution >= 4 is 0 Å². The molecule has 1 rings (SSSR count). The molecular weight excluding hydrogens is 245 g/mol. The lowest BCUT2D eigenvalue weighted by Crippen LogP contribution is -2.35. The highest BCUT2D eigenvalue weighted by atomic mass is 19.1. The maximum Gasteiger partial charge on any atom is 0.123 e. The molecular formula is C15H24FNO2. The van der Waals surface area contributed by atoms with Crippen LogP contribution in [0.3, 0.4) is 0 Å². The first-order valence-electron chi connectivity index (χ1n) is 6.79. The van der Waals surface area contributed by atoms with Gasteiger partial charge in [-0.05, 0) is 30.0 Å². The van der Waals surface area contributed by atoms with Crippen molar-refractivity contribution in [1.82, 2.24) is 4.90 Å². The van der Waals surface area contributed by atoms with E-state index in [1.807, 2.05) is 6.07 Å². The van der Waals surface area contributed by atoms with Gasteiger partial charge in [0.15, 0.2) is 0 Å². The van der Waals surface area contributed by atoms with E-state index < -0.39 is 0 Å². The zero-order valence-electron chi connectivity index (χ0n) is 11.7. The van der Waals surface area contributed by atoms with Gasteiger partial charge >= 0.3 is 0 Å². The van der Waals surface area contributed by atoms with Crippen LogP contribution in [0, 0.1) is 11.7 Å². The highest BCUT2D eigenvalue weighted by molar-refractivity contribution is 5.20. The van der Waals surface area contributed by atoms with E-state index in [2.05, 4.69) is 18.7 Å². The monoisotopic (exact) mass is 269 g/mol. The van der Waals surface area contributed by atoms with Crippen LogP contribution in [0.15, 0.2) is 24.3 Å². The van der Waals surface area contributed by atoms with Crippen molar-refractivity contribution < 1.29 is 14.6 Å². The second kappa shape index (κ2) is 8.25. The zero-order chi connectivity index (χ0) is 14.3. The summed E-state index contributed by atoms with van der Waals surface area (Å²) >= 11 is 0. The molecule has 0 aliphatic carbocycles. The van der Waals surface area contributed by atoms with Crippen LogP contribution in [0.2, 0.25) is 0 Å². The van der Waals surface area contributed by atoms with Gasteiger partial charge in [0.2, 0.25) is 0 Å². The molecule has 0 saturated heterocycles. The van der Waals surface area contributed by atoms with E-state index in [0.717, 1.165) is 12.1 Å². The van der Waals surface area contributed by atoms with Crippen LogP contribution in [0.4, 0.5) is 4.39 Å². The van der Waals surface area contributed by atoms with Gasteiger partial charge in [0.1, 0.15) is 5.82 Å². The molecule has 1 atom stereocenters. The summed E-state index contributed by atoms with van der Waals surface area (Å²) in [6.45, 7) is 5.64. The molecule has 3 nitrogen and oxygen atoms in total. The summed E-state index contributed by atoms with van der Waals surface area (Å²) in [5.41, 5.74) is 0.850. The van der Waals surface area contributed by atoms with E-state index in [4.69, 9.17) is 0 Å². The maximum atomic E-state index is 13.3. The Morgan fingerprint density at radius 2 is 1.95 bits per heavy atom. The molecule has 4 heteroatoms. The van der Waals surface area contributed by atoms with Crippen LogP contribution in [0.25, 0.3) is 0 Å². The lowest BCUT2D eigenvalue weighted by atomic mass is 10.0. The first kappa shape index (κ1) is 16.1. The summed E-state index contributed by atoms with van der Waals surface area (Å²) in [6.07, 6.45) is 0.538. The highest BCUT2D eigenvalue weighted by Crippen LogP contribution is 2.25. The SMILES string of the molecule is CC(C)CN(CCO)C(CCO)c1cccc(F)c1. The fraction of sp³-hybridized carbons (Fsp3) is 0.600. The molecule has 0 amide bonds. The molecule has 0 spiro atoms. The molecule has 0 heterocycles. The lowest BCUT2D eigenvalue weighted by molar-refractivity contribution is 0.115. The summed E-state index contributed by atoms with van der Waals surface area (Å²) in [6, 6.07) is 6.41. The fourth-order valence-electron chi connectivity index (χ4n) is 2.37. The molecule has 19 heavy (non-hydrogen) atoms. The number of rotatable bonds is 8. The van der Waals surface area contributed by atoms with E-state index in [0.29, 0.717) is 18.9 Å². The predicted octanol–water partition coefficient (Wildman–Crippen LogP) is 2.20. The number of hydrogen-bond donors (Lipinski definition) is 2. The van der Waals surface area contributed by atoms with E-state index in [1.165, 1.54) is 12.1 Å². The highest BCUT2D eigenvalue weighted by Gasteiger charge is 2.20. The predicted molar refractivity (Wildman–Crippen MR) is 74.3 cm³/mol.